The van der Waals surface area contributed by atoms with Crippen LogP contribution in [0.3, 0.4) is 0 Å². The van der Waals surface area contributed by atoms with Crippen LogP contribution in [0.5, 0.6) is 0 Å². The van der Waals surface area contributed by atoms with Crippen molar-refractivity contribution < 1.29 is 19.7 Å². The maximum Gasteiger partial charge on any atom is 0.304 e. The summed E-state index contributed by atoms with van der Waals surface area (Å²) in [5.41, 5.74) is 6.04. The first kappa shape index (κ1) is 28.7. The zero-order chi connectivity index (χ0) is 28.0. The van der Waals surface area contributed by atoms with E-state index in [2.05, 4.69) is 22.4 Å². The Morgan fingerprint density at radius 2 is 1.85 bits per heavy atom. The standard InChI is InChI=1S/C31H36ClN3O4/c1-4-31(18-29(37)38,25-16-24(19-36)21(2)27(32)17-25)26-12-13-28-30(22(26)3)33-34-35(28)14-8-9-15-39-20-23-10-6-5-7-11-23/h5-7,10-13,16-17,36H,4,8-9,14-15,18-20H2,1-3H3,(H,37,38). The second-order valence-electron chi connectivity index (χ2n) is 10.1. The molecular weight excluding hydrogens is 514 g/mol. The van der Waals surface area contributed by atoms with Crippen molar-refractivity contribution in [1.82, 2.24) is 15.0 Å². The number of aryl methyl sites for hydroxylation is 2. The molecule has 0 aliphatic carbocycles. The van der Waals surface area contributed by atoms with Gasteiger partial charge in [0.15, 0.2) is 0 Å². The Labute approximate surface area is 234 Å². The lowest BCUT2D eigenvalue weighted by atomic mass is 9.68. The molecule has 8 heteroatoms. The van der Waals surface area contributed by atoms with Gasteiger partial charge in [-0.3, -0.25) is 4.79 Å². The van der Waals surface area contributed by atoms with Gasteiger partial charge in [-0.2, -0.15) is 0 Å². The Balaban J connectivity index is 1.57. The average Bonchev–Trinajstić information content (AvgIpc) is 3.35. The third-order valence-electron chi connectivity index (χ3n) is 7.71. The molecule has 1 atom stereocenters. The summed E-state index contributed by atoms with van der Waals surface area (Å²) >= 11 is 6.54. The molecule has 0 bridgehead atoms. The van der Waals surface area contributed by atoms with Gasteiger partial charge >= 0.3 is 5.97 Å². The van der Waals surface area contributed by atoms with E-state index in [0.717, 1.165) is 51.7 Å². The molecule has 0 aliphatic rings. The normalized spacial score (nSPS) is 13.1. The van der Waals surface area contributed by atoms with Crippen molar-refractivity contribution in [3.05, 3.63) is 93.0 Å². The van der Waals surface area contributed by atoms with Crippen LogP contribution in [0.1, 0.15) is 66.0 Å². The Bertz CT molecular complexity index is 1440. The molecule has 1 aromatic heterocycles. The topological polar surface area (TPSA) is 97.5 Å². The first-order valence-corrected chi connectivity index (χ1v) is 13.8. The molecule has 4 rings (SSSR count). The molecule has 0 aliphatic heterocycles. The third kappa shape index (κ3) is 6.16. The van der Waals surface area contributed by atoms with E-state index in [1.165, 1.54) is 0 Å². The molecule has 2 N–H and O–H groups in total. The first-order chi connectivity index (χ1) is 18.8. The van der Waals surface area contributed by atoms with Crippen LogP contribution in [0.2, 0.25) is 5.02 Å². The van der Waals surface area contributed by atoms with Crippen LogP contribution in [0.4, 0.5) is 0 Å². The van der Waals surface area contributed by atoms with E-state index < -0.39 is 11.4 Å². The smallest absolute Gasteiger partial charge is 0.304 e. The van der Waals surface area contributed by atoms with E-state index in [9.17, 15) is 15.0 Å². The molecule has 39 heavy (non-hydrogen) atoms. The van der Waals surface area contributed by atoms with Gasteiger partial charge in [0.25, 0.3) is 0 Å². The first-order valence-electron chi connectivity index (χ1n) is 13.4. The van der Waals surface area contributed by atoms with Crippen LogP contribution in [-0.2, 0) is 34.7 Å². The zero-order valence-electron chi connectivity index (χ0n) is 22.8. The average molecular weight is 550 g/mol. The number of rotatable bonds is 13. The molecule has 0 radical (unpaired) electrons. The number of carbonyl (C=O) groups is 1. The van der Waals surface area contributed by atoms with E-state index in [4.69, 9.17) is 16.3 Å². The number of aliphatic hydroxyl groups is 1. The van der Waals surface area contributed by atoms with E-state index in [1.807, 2.05) is 67.9 Å². The number of ether oxygens (including phenoxy) is 1. The van der Waals surface area contributed by atoms with Crippen molar-refractivity contribution in [3.8, 4) is 0 Å². The molecule has 1 unspecified atom stereocenters. The molecule has 206 valence electrons. The van der Waals surface area contributed by atoms with Crippen LogP contribution in [0.25, 0.3) is 11.0 Å². The van der Waals surface area contributed by atoms with Crippen molar-refractivity contribution in [1.29, 1.82) is 0 Å². The SMILES string of the molecule is CCC(CC(=O)O)(c1cc(Cl)c(C)c(CO)c1)c1ccc2c(nnn2CCCCOCc2ccccc2)c1C. The van der Waals surface area contributed by atoms with Crippen molar-refractivity contribution in [2.45, 2.75) is 71.6 Å². The molecule has 3 aromatic carbocycles. The maximum absolute atomic E-state index is 12.2. The predicted molar refractivity (Wildman–Crippen MR) is 153 cm³/mol. The number of fused-ring (bicyclic) bond motifs is 1. The molecule has 0 saturated heterocycles. The fourth-order valence-corrected chi connectivity index (χ4v) is 5.63. The Morgan fingerprint density at radius 1 is 1.08 bits per heavy atom. The van der Waals surface area contributed by atoms with Crippen LogP contribution in [0, 0.1) is 13.8 Å². The number of hydrogen-bond donors (Lipinski definition) is 2. The zero-order valence-corrected chi connectivity index (χ0v) is 23.5. The van der Waals surface area contributed by atoms with Crippen molar-refractivity contribution >= 4 is 28.6 Å². The summed E-state index contributed by atoms with van der Waals surface area (Å²) in [6, 6.07) is 17.8. The minimum absolute atomic E-state index is 0.114. The summed E-state index contributed by atoms with van der Waals surface area (Å²) < 4.78 is 7.70. The maximum atomic E-state index is 12.2. The van der Waals surface area contributed by atoms with Gasteiger partial charge in [-0.15, -0.1) is 5.10 Å². The highest BCUT2D eigenvalue weighted by molar-refractivity contribution is 6.31. The molecule has 4 aromatic rings. The monoisotopic (exact) mass is 549 g/mol. The van der Waals surface area contributed by atoms with Gasteiger partial charge in [0.05, 0.1) is 25.2 Å². The number of carboxylic acids is 1. The van der Waals surface area contributed by atoms with Crippen molar-refractivity contribution in [2.75, 3.05) is 6.61 Å². The van der Waals surface area contributed by atoms with Crippen LogP contribution in [0.15, 0.2) is 54.6 Å². The number of hydrogen-bond acceptors (Lipinski definition) is 5. The van der Waals surface area contributed by atoms with Crippen molar-refractivity contribution in [2.24, 2.45) is 0 Å². The second kappa shape index (κ2) is 12.7. The number of halogens is 1. The van der Waals surface area contributed by atoms with E-state index in [0.29, 0.717) is 36.8 Å². The highest BCUT2D eigenvalue weighted by atomic mass is 35.5. The van der Waals surface area contributed by atoms with Gasteiger partial charge in [0.1, 0.15) is 5.52 Å². The summed E-state index contributed by atoms with van der Waals surface area (Å²) in [5, 5.41) is 29.3. The van der Waals surface area contributed by atoms with Gasteiger partial charge in [-0.25, -0.2) is 4.68 Å². The number of nitrogens with zero attached hydrogens (tertiary/aromatic N) is 3. The van der Waals surface area contributed by atoms with Gasteiger partial charge in [-0.1, -0.05) is 66.2 Å². The molecule has 0 spiro atoms. The fraction of sp³-hybridized carbons (Fsp3) is 0.387. The Kier molecular flexibility index (Phi) is 9.38. The van der Waals surface area contributed by atoms with Crippen LogP contribution >= 0.6 is 11.6 Å². The number of benzene rings is 3. The Morgan fingerprint density at radius 3 is 2.54 bits per heavy atom. The summed E-state index contributed by atoms with van der Waals surface area (Å²) in [7, 11) is 0. The summed E-state index contributed by atoms with van der Waals surface area (Å²) in [6.45, 7) is 7.64. The number of aromatic nitrogens is 3. The number of aliphatic carboxylic acids is 1. The summed E-state index contributed by atoms with van der Waals surface area (Å²) in [5.74, 6) is -0.906. The summed E-state index contributed by atoms with van der Waals surface area (Å²) in [4.78, 5) is 12.2. The van der Waals surface area contributed by atoms with Gasteiger partial charge in [-0.05, 0) is 78.6 Å². The summed E-state index contributed by atoms with van der Waals surface area (Å²) in [6.07, 6.45) is 2.23. The van der Waals surface area contributed by atoms with E-state index in [1.54, 1.807) is 0 Å². The minimum atomic E-state index is -0.906. The number of aliphatic hydroxyl groups excluding tert-OH is 1. The third-order valence-corrected chi connectivity index (χ3v) is 8.10. The molecule has 0 saturated carbocycles. The fourth-order valence-electron chi connectivity index (χ4n) is 5.39. The lowest BCUT2D eigenvalue weighted by Crippen LogP contribution is -2.31. The van der Waals surface area contributed by atoms with E-state index >= 15 is 0 Å². The van der Waals surface area contributed by atoms with Crippen LogP contribution < -0.4 is 0 Å². The number of unbranched alkanes of at least 4 members (excludes halogenated alkanes) is 1. The molecule has 7 nitrogen and oxygen atoms in total. The molecule has 1 heterocycles. The lowest BCUT2D eigenvalue weighted by molar-refractivity contribution is -0.138. The van der Waals surface area contributed by atoms with Crippen LogP contribution in [-0.4, -0.2) is 37.8 Å². The van der Waals surface area contributed by atoms with E-state index in [-0.39, 0.29) is 13.0 Å². The molecule has 0 amide bonds. The van der Waals surface area contributed by atoms with Crippen molar-refractivity contribution in [3.63, 3.8) is 0 Å². The lowest BCUT2D eigenvalue weighted by Gasteiger charge is -2.35. The highest BCUT2D eigenvalue weighted by Crippen LogP contribution is 2.43. The van der Waals surface area contributed by atoms with Gasteiger partial charge < -0.3 is 14.9 Å². The largest absolute Gasteiger partial charge is 0.481 e. The second-order valence-corrected chi connectivity index (χ2v) is 10.5. The molecule has 0 fully saturated rings. The van der Waals surface area contributed by atoms with Gasteiger partial charge in [0, 0.05) is 23.6 Å². The quantitative estimate of drug-likeness (QED) is 0.188. The molecular formula is C31H36ClN3O4. The highest BCUT2D eigenvalue weighted by Gasteiger charge is 2.38. The Hall–Kier alpha value is -3.26. The van der Waals surface area contributed by atoms with Gasteiger partial charge in [0.2, 0.25) is 0 Å². The number of carboxylic acid groups (broad SMARTS) is 1. The predicted octanol–water partition coefficient (Wildman–Crippen LogP) is 6.36. The minimum Gasteiger partial charge on any atom is -0.481 e.